The van der Waals surface area contributed by atoms with E-state index in [2.05, 4.69) is 5.32 Å². The summed E-state index contributed by atoms with van der Waals surface area (Å²) in [6, 6.07) is 4.28. The molecule has 0 amide bonds. The molecule has 0 saturated carbocycles. The van der Waals surface area contributed by atoms with E-state index in [0.29, 0.717) is 0 Å². The van der Waals surface area contributed by atoms with Crippen LogP contribution in [0.4, 0.5) is 13.2 Å². The number of phenols is 1. The van der Waals surface area contributed by atoms with Crippen molar-refractivity contribution >= 4 is 0 Å². The van der Waals surface area contributed by atoms with Crippen LogP contribution in [0.5, 0.6) is 5.75 Å². The largest absolute Gasteiger partial charge is 0.508 e. The van der Waals surface area contributed by atoms with E-state index in [-0.39, 0.29) is 11.3 Å². The Morgan fingerprint density at radius 2 is 1.69 bits per heavy atom. The monoisotopic (exact) mass is 235 g/mol. The molecule has 1 rings (SSSR count). The van der Waals surface area contributed by atoms with Gasteiger partial charge in [-0.1, -0.05) is 12.1 Å². The van der Waals surface area contributed by atoms with Gasteiger partial charge >= 0.3 is 6.18 Å². The number of halogens is 3. The maximum Gasteiger partial charge on any atom is 0.422 e. The Labute approximate surface area is 90.5 Å². The SMILES string of the molecule is CNCC(O)(c1ccc(O)cc1)C(F)(F)F. The van der Waals surface area contributed by atoms with Crippen LogP contribution in [0.15, 0.2) is 24.3 Å². The number of benzene rings is 1. The zero-order valence-electron chi connectivity index (χ0n) is 8.54. The number of rotatable bonds is 3. The molecule has 0 bridgehead atoms. The van der Waals surface area contributed by atoms with Crippen LogP contribution < -0.4 is 5.32 Å². The lowest BCUT2D eigenvalue weighted by molar-refractivity contribution is -0.264. The van der Waals surface area contributed by atoms with Gasteiger partial charge in [-0.25, -0.2) is 0 Å². The molecule has 1 aromatic carbocycles. The molecule has 0 aliphatic heterocycles. The number of aromatic hydroxyl groups is 1. The molecule has 16 heavy (non-hydrogen) atoms. The highest BCUT2D eigenvalue weighted by molar-refractivity contribution is 5.31. The summed E-state index contributed by atoms with van der Waals surface area (Å²) < 4.78 is 38.2. The van der Waals surface area contributed by atoms with E-state index in [1.54, 1.807) is 0 Å². The molecule has 1 aromatic rings. The summed E-state index contributed by atoms with van der Waals surface area (Å²) in [5, 5.41) is 20.9. The van der Waals surface area contributed by atoms with Crippen LogP contribution in [-0.2, 0) is 5.60 Å². The number of alkyl halides is 3. The van der Waals surface area contributed by atoms with Crippen molar-refractivity contribution in [2.45, 2.75) is 11.8 Å². The van der Waals surface area contributed by atoms with Gasteiger partial charge in [0.05, 0.1) is 0 Å². The van der Waals surface area contributed by atoms with Crippen molar-refractivity contribution < 1.29 is 23.4 Å². The van der Waals surface area contributed by atoms with Gasteiger partial charge in [0.1, 0.15) is 5.75 Å². The Morgan fingerprint density at radius 3 is 2.06 bits per heavy atom. The quantitative estimate of drug-likeness (QED) is 0.741. The second-order valence-corrected chi connectivity index (χ2v) is 3.44. The fourth-order valence-corrected chi connectivity index (χ4v) is 1.36. The first kappa shape index (κ1) is 12.8. The van der Waals surface area contributed by atoms with Crippen LogP contribution in [0.1, 0.15) is 5.56 Å². The summed E-state index contributed by atoms with van der Waals surface area (Å²) in [6.07, 6.45) is -4.78. The van der Waals surface area contributed by atoms with E-state index in [1.165, 1.54) is 7.05 Å². The predicted molar refractivity (Wildman–Crippen MR) is 52.0 cm³/mol. The average molecular weight is 235 g/mol. The summed E-state index contributed by atoms with van der Waals surface area (Å²) in [4.78, 5) is 0. The maximum atomic E-state index is 12.7. The summed E-state index contributed by atoms with van der Waals surface area (Å²) in [6.45, 7) is -0.652. The van der Waals surface area contributed by atoms with Crippen LogP contribution >= 0.6 is 0 Å². The zero-order valence-corrected chi connectivity index (χ0v) is 8.54. The number of aliphatic hydroxyl groups is 1. The van der Waals surface area contributed by atoms with Gasteiger partial charge in [0.25, 0.3) is 0 Å². The number of phenolic OH excluding ortho intramolecular Hbond substituents is 1. The molecule has 1 atom stereocenters. The lowest BCUT2D eigenvalue weighted by Crippen LogP contribution is -2.49. The minimum Gasteiger partial charge on any atom is -0.508 e. The summed E-state index contributed by atoms with van der Waals surface area (Å²) >= 11 is 0. The molecule has 0 aliphatic carbocycles. The average Bonchev–Trinajstić information content (AvgIpc) is 2.17. The lowest BCUT2D eigenvalue weighted by atomic mass is 9.93. The molecule has 0 aliphatic rings. The topological polar surface area (TPSA) is 52.5 Å². The Balaban J connectivity index is 3.16. The number of nitrogens with one attached hydrogen (secondary N) is 1. The summed E-state index contributed by atoms with van der Waals surface area (Å²) in [5.41, 5.74) is -3.26. The van der Waals surface area contributed by atoms with Crippen LogP contribution in [-0.4, -0.2) is 30.0 Å². The second kappa shape index (κ2) is 4.31. The van der Waals surface area contributed by atoms with Crippen molar-refractivity contribution in [1.29, 1.82) is 0 Å². The van der Waals surface area contributed by atoms with Gasteiger partial charge in [-0.2, -0.15) is 13.2 Å². The van der Waals surface area contributed by atoms with Crippen molar-refractivity contribution in [2.75, 3.05) is 13.6 Å². The van der Waals surface area contributed by atoms with Crippen LogP contribution in [0.3, 0.4) is 0 Å². The number of hydrogen-bond donors (Lipinski definition) is 3. The third-order valence-electron chi connectivity index (χ3n) is 2.25. The molecular formula is C10H12F3NO2. The highest BCUT2D eigenvalue weighted by atomic mass is 19.4. The third kappa shape index (κ3) is 2.28. The van der Waals surface area contributed by atoms with Gasteiger partial charge in [0.2, 0.25) is 0 Å². The Morgan fingerprint density at radius 1 is 1.19 bits per heavy atom. The molecule has 3 N–H and O–H groups in total. The van der Waals surface area contributed by atoms with Crippen LogP contribution in [0.2, 0.25) is 0 Å². The minimum absolute atomic E-state index is 0.155. The van der Waals surface area contributed by atoms with E-state index in [1.807, 2.05) is 0 Å². The van der Waals surface area contributed by atoms with Crippen molar-refractivity contribution in [1.82, 2.24) is 5.32 Å². The summed E-state index contributed by atoms with van der Waals surface area (Å²) in [7, 11) is 1.32. The zero-order chi connectivity index (χ0) is 12.4. The van der Waals surface area contributed by atoms with Crippen LogP contribution in [0, 0.1) is 0 Å². The van der Waals surface area contributed by atoms with Gasteiger partial charge in [-0.3, -0.25) is 0 Å². The Bertz CT molecular complexity index is 350. The molecule has 0 radical (unpaired) electrons. The smallest absolute Gasteiger partial charge is 0.422 e. The molecule has 90 valence electrons. The fourth-order valence-electron chi connectivity index (χ4n) is 1.36. The lowest BCUT2D eigenvalue weighted by Gasteiger charge is -2.30. The highest BCUT2D eigenvalue weighted by Crippen LogP contribution is 2.38. The molecule has 0 saturated heterocycles. The van der Waals surface area contributed by atoms with Gasteiger partial charge < -0.3 is 15.5 Å². The molecule has 0 aromatic heterocycles. The molecule has 6 heteroatoms. The van der Waals surface area contributed by atoms with Gasteiger partial charge in [-0.15, -0.1) is 0 Å². The first-order chi connectivity index (χ1) is 7.31. The van der Waals surface area contributed by atoms with E-state index in [0.717, 1.165) is 24.3 Å². The minimum atomic E-state index is -4.78. The number of likely N-dealkylation sites (N-methyl/N-ethyl adjacent to an activating group) is 1. The van der Waals surface area contributed by atoms with E-state index in [9.17, 15) is 18.3 Å². The Kier molecular flexibility index (Phi) is 3.44. The Hall–Kier alpha value is -1.27. The maximum absolute atomic E-state index is 12.7. The highest BCUT2D eigenvalue weighted by Gasteiger charge is 2.54. The number of hydrogen-bond acceptors (Lipinski definition) is 3. The van der Waals surface area contributed by atoms with E-state index < -0.39 is 18.3 Å². The molecule has 3 nitrogen and oxygen atoms in total. The van der Waals surface area contributed by atoms with Crippen molar-refractivity contribution in [2.24, 2.45) is 0 Å². The van der Waals surface area contributed by atoms with Crippen molar-refractivity contribution in [3.05, 3.63) is 29.8 Å². The van der Waals surface area contributed by atoms with Crippen LogP contribution in [0.25, 0.3) is 0 Å². The van der Waals surface area contributed by atoms with E-state index >= 15 is 0 Å². The van der Waals surface area contributed by atoms with Gasteiger partial charge in [0, 0.05) is 6.54 Å². The first-order valence-corrected chi connectivity index (χ1v) is 4.54. The van der Waals surface area contributed by atoms with Gasteiger partial charge in [0.15, 0.2) is 5.60 Å². The molecular weight excluding hydrogens is 223 g/mol. The summed E-state index contributed by atoms with van der Waals surface area (Å²) in [5.74, 6) is -0.155. The normalized spacial score (nSPS) is 15.8. The van der Waals surface area contributed by atoms with Gasteiger partial charge in [-0.05, 0) is 24.7 Å². The predicted octanol–water partition coefficient (Wildman–Crippen LogP) is 1.36. The molecule has 0 spiro atoms. The molecule has 0 fully saturated rings. The standard InChI is InChI=1S/C10H12F3NO2/c1-14-6-9(16,10(11,12)13)7-2-4-8(15)5-3-7/h2-5,14-16H,6H2,1H3. The van der Waals surface area contributed by atoms with E-state index in [4.69, 9.17) is 5.11 Å². The third-order valence-corrected chi connectivity index (χ3v) is 2.25. The first-order valence-electron chi connectivity index (χ1n) is 4.54. The van der Waals surface area contributed by atoms with Crippen molar-refractivity contribution in [3.63, 3.8) is 0 Å². The molecule has 1 unspecified atom stereocenters. The fraction of sp³-hybridized carbons (Fsp3) is 0.400. The van der Waals surface area contributed by atoms with Crippen molar-refractivity contribution in [3.8, 4) is 5.75 Å². The second-order valence-electron chi connectivity index (χ2n) is 3.44. The molecule has 0 heterocycles.